The molecule has 0 radical (unpaired) electrons. The summed E-state index contributed by atoms with van der Waals surface area (Å²) in [6.45, 7) is 3.18. The molecule has 0 atom stereocenters. The van der Waals surface area contributed by atoms with Crippen molar-refractivity contribution >= 4 is 5.91 Å². The molecule has 0 spiro atoms. The molecule has 0 fully saturated rings. The number of nitrogens with zero attached hydrogens (tertiary/aromatic N) is 2. The van der Waals surface area contributed by atoms with Crippen LogP contribution in [-0.2, 0) is 13.1 Å². The molecular weight excluding hydrogens is 248 g/mol. The van der Waals surface area contributed by atoms with Crippen molar-refractivity contribution in [2.75, 3.05) is 7.05 Å². The normalized spacial score (nSPS) is 10.9. The summed E-state index contributed by atoms with van der Waals surface area (Å²) in [6, 6.07) is 3.50. The second-order valence-corrected chi connectivity index (χ2v) is 4.33. The van der Waals surface area contributed by atoms with Gasteiger partial charge in [0.25, 0.3) is 5.91 Å². The molecule has 0 bridgehead atoms. The number of hydrazine groups is 1. The number of hydrogen-bond acceptors (Lipinski definition) is 6. The van der Waals surface area contributed by atoms with Crippen LogP contribution in [0.2, 0.25) is 0 Å². The van der Waals surface area contributed by atoms with Gasteiger partial charge in [0.15, 0.2) is 11.5 Å². The van der Waals surface area contributed by atoms with Gasteiger partial charge in [0.05, 0.1) is 12.8 Å². The van der Waals surface area contributed by atoms with E-state index in [0.29, 0.717) is 12.3 Å². The highest BCUT2D eigenvalue weighted by Gasteiger charge is 2.13. The number of aryl methyl sites for hydroxylation is 1. The van der Waals surface area contributed by atoms with Gasteiger partial charge in [-0.1, -0.05) is 5.16 Å². The number of nitrogens with one attached hydrogen (secondary N) is 1. The first-order valence-corrected chi connectivity index (χ1v) is 5.78. The van der Waals surface area contributed by atoms with Crippen molar-refractivity contribution in [2.24, 2.45) is 5.84 Å². The van der Waals surface area contributed by atoms with Crippen LogP contribution >= 0.6 is 0 Å². The number of carbonyl (C=O) groups is 1. The fraction of sp³-hybridized carbons (Fsp3) is 0.333. The molecule has 0 saturated carbocycles. The molecular formula is C12H16N4O3. The van der Waals surface area contributed by atoms with E-state index in [0.717, 1.165) is 17.9 Å². The van der Waals surface area contributed by atoms with Crippen LogP contribution in [0.1, 0.15) is 27.6 Å². The molecule has 3 N–H and O–H groups in total. The third kappa shape index (κ3) is 3.21. The first kappa shape index (κ1) is 13.3. The minimum atomic E-state index is -0.469. The summed E-state index contributed by atoms with van der Waals surface area (Å²) in [4.78, 5) is 13.3. The fourth-order valence-electron chi connectivity index (χ4n) is 1.76. The minimum absolute atomic E-state index is 0.172. The summed E-state index contributed by atoms with van der Waals surface area (Å²) in [5.74, 6) is 6.05. The average molecular weight is 264 g/mol. The zero-order valence-corrected chi connectivity index (χ0v) is 10.8. The van der Waals surface area contributed by atoms with Crippen molar-refractivity contribution in [1.29, 1.82) is 0 Å². The van der Waals surface area contributed by atoms with E-state index < -0.39 is 5.91 Å². The Labute approximate surface area is 110 Å². The highest BCUT2D eigenvalue weighted by atomic mass is 16.5. The van der Waals surface area contributed by atoms with E-state index in [-0.39, 0.29) is 5.69 Å². The van der Waals surface area contributed by atoms with Gasteiger partial charge in [-0.3, -0.25) is 15.1 Å². The lowest BCUT2D eigenvalue weighted by molar-refractivity contribution is 0.0944. The predicted octanol–water partition coefficient (Wildman–Crippen LogP) is 0.812. The van der Waals surface area contributed by atoms with Gasteiger partial charge in [0.1, 0.15) is 5.76 Å². The molecule has 0 saturated heterocycles. The topological polar surface area (TPSA) is 97.5 Å². The van der Waals surface area contributed by atoms with Crippen LogP contribution in [0.3, 0.4) is 0 Å². The van der Waals surface area contributed by atoms with Crippen molar-refractivity contribution < 1.29 is 13.7 Å². The van der Waals surface area contributed by atoms with Crippen LogP contribution in [0.25, 0.3) is 0 Å². The maximum atomic E-state index is 11.2. The third-order valence-electron chi connectivity index (χ3n) is 2.75. The minimum Gasteiger partial charge on any atom is -0.469 e. The highest BCUT2D eigenvalue weighted by molar-refractivity contribution is 5.91. The zero-order chi connectivity index (χ0) is 13.8. The smallest absolute Gasteiger partial charge is 0.287 e. The Balaban J connectivity index is 1.95. The molecule has 19 heavy (non-hydrogen) atoms. The van der Waals surface area contributed by atoms with Crippen LogP contribution < -0.4 is 11.3 Å². The highest BCUT2D eigenvalue weighted by Crippen LogP contribution is 2.13. The Morgan fingerprint density at radius 3 is 2.95 bits per heavy atom. The van der Waals surface area contributed by atoms with E-state index in [4.69, 9.17) is 14.8 Å². The van der Waals surface area contributed by atoms with Crippen LogP contribution in [0.4, 0.5) is 0 Å². The molecule has 0 unspecified atom stereocenters. The lowest BCUT2D eigenvalue weighted by Crippen LogP contribution is -2.30. The second kappa shape index (κ2) is 5.68. The molecule has 1 amide bonds. The maximum Gasteiger partial charge on any atom is 0.287 e. The molecule has 7 nitrogen and oxygen atoms in total. The Hall–Kier alpha value is -2.12. The van der Waals surface area contributed by atoms with Crippen molar-refractivity contribution in [1.82, 2.24) is 15.5 Å². The lowest BCUT2D eigenvalue weighted by Gasteiger charge is -2.13. The third-order valence-corrected chi connectivity index (χ3v) is 2.75. The van der Waals surface area contributed by atoms with Gasteiger partial charge in [0, 0.05) is 18.2 Å². The number of aromatic nitrogens is 1. The molecule has 2 heterocycles. The van der Waals surface area contributed by atoms with Crippen LogP contribution in [0.5, 0.6) is 0 Å². The second-order valence-electron chi connectivity index (χ2n) is 4.33. The summed E-state index contributed by atoms with van der Waals surface area (Å²) in [7, 11) is 1.94. The Morgan fingerprint density at radius 2 is 2.32 bits per heavy atom. The first-order valence-electron chi connectivity index (χ1n) is 5.78. The maximum absolute atomic E-state index is 11.2. The van der Waals surface area contributed by atoms with Gasteiger partial charge in [-0.2, -0.15) is 0 Å². The molecule has 7 heteroatoms. The largest absolute Gasteiger partial charge is 0.469 e. The summed E-state index contributed by atoms with van der Waals surface area (Å²) in [6.07, 6.45) is 1.66. The number of rotatable bonds is 5. The molecule has 0 aliphatic heterocycles. The van der Waals surface area contributed by atoms with Crippen molar-refractivity contribution in [3.05, 3.63) is 41.2 Å². The average Bonchev–Trinajstić information content (AvgIpc) is 2.99. The van der Waals surface area contributed by atoms with Crippen molar-refractivity contribution in [2.45, 2.75) is 20.0 Å². The summed E-state index contributed by atoms with van der Waals surface area (Å²) < 4.78 is 10.3. The molecule has 0 aliphatic rings. The number of nitrogen functional groups attached to an aromatic ring is 1. The van der Waals surface area contributed by atoms with Gasteiger partial charge >= 0.3 is 0 Å². The fourth-order valence-corrected chi connectivity index (χ4v) is 1.76. The monoisotopic (exact) mass is 264 g/mol. The van der Waals surface area contributed by atoms with E-state index in [1.54, 1.807) is 12.3 Å². The van der Waals surface area contributed by atoms with Gasteiger partial charge in [-0.25, -0.2) is 5.84 Å². The predicted molar refractivity (Wildman–Crippen MR) is 66.8 cm³/mol. The van der Waals surface area contributed by atoms with E-state index in [1.165, 1.54) is 0 Å². The molecule has 0 aromatic carbocycles. The van der Waals surface area contributed by atoms with Crippen LogP contribution in [0, 0.1) is 6.92 Å². The van der Waals surface area contributed by atoms with Gasteiger partial charge in [-0.15, -0.1) is 0 Å². The van der Waals surface area contributed by atoms with Gasteiger partial charge in [-0.05, 0) is 20.0 Å². The van der Waals surface area contributed by atoms with Crippen LogP contribution in [0.15, 0.2) is 27.3 Å². The summed E-state index contributed by atoms with van der Waals surface area (Å²) in [5.41, 5.74) is 3.29. The first-order chi connectivity index (χ1) is 9.10. The number of hydrogen-bond donors (Lipinski definition) is 2. The standard InChI is InChI=1S/C12H16N4O3/c1-8-9(3-4-18-8)6-16(2)7-10-5-11(15-19-10)12(17)14-13/h3-5H,6-7,13H2,1-2H3,(H,14,17). The van der Waals surface area contributed by atoms with Crippen LogP contribution in [-0.4, -0.2) is 23.0 Å². The summed E-state index contributed by atoms with van der Waals surface area (Å²) in [5, 5.41) is 3.64. The number of nitrogens with two attached hydrogens (primary N) is 1. The lowest BCUT2D eigenvalue weighted by atomic mass is 10.2. The van der Waals surface area contributed by atoms with Gasteiger partial charge < -0.3 is 8.94 Å². The van der Waals surface area contributed by atoms with E-state index in [9.17, 15) is 4.79 Å². The number of carbonyl (C=O) groups excluding carboxylic acids is 1. The van der Waals surface area contributed by atoms with E-state index in [1.807, 2.05) is 30.4 Å². The molecule has 2 aromatic heterocycles. The molecule has 0 aliphatic carbocycles. The van der Waals surface area contributed by atoms with Crippen molar-refractivity contribution in [3.63, 3.8) is 0 Å². The summed E-state index contributed by atoms with van der Waals surface area (Å²) >= 11 is 0. The van der Waals surface area contributed by atoms with Crippen molar-refractivity contribution in [3.8, 4) is 0 Å². The zero-order valence-electron chi connectivity index (χ0n) is 10.8. The van der Waals surface area contributed by atoms with Gasteiger partial charge in [0.2, 0.25) is 0 Å². The quantitative estimate of drug-likeness (QED) is 0.471. The van der Waals surface area contributed by atoms with E-state index >= 15 is 0 Å². The Kier molecular flexibility index (Phi) is 3.98. The van der Waals surface area contributed by atoms with E-state index in [2.05, 4.69) is 5.16 Å². The molecule has 2 aromatic rings. The molecule has 102 valence electrons. The Morgan fingerprint density at radius 1 is 1.53 bits per heavy atom. The number of amides is 1. The Bertz CT molecular complexity index is 561. The molecule has 2 rings (SSSR count). The SMILES string of the molecule is Cc1occc1CN(C)Cc1cc(C(=O)NN)no1. The number of furan rings is 1.